The summed E-state index contributed by atoms with van der Waals surface area (Å²) in [6.07, 6.45) is 0. The molecule has 0 saturated heterocycles. The SMILES string of the molecule is C[C@H](NC(=O)Cn1nnnc1-c1ccccc1F)c1cccs1. The van der Waals surface area contributed by atoms with E-state index in [1.54, 1.807) is 29.5 Å². The van der Waals surface area contributed by atoms with E-state index in [-0.39, 0.29) is 29.9 Å². The Labute approximate surface area is 136 Å². The molecule has 0 fully saturated rings. The minimum absolute atomic E-state index is 0.0770. The van der Waals surface area contributed by atoms with Crippen LogP contribution in [0.5, 0.6) is 0 Å². The molecule has 0 unspecified atom stereocenters. The van der Waals surface area contributed by atoms with Crippen molar-refractivity contribution in [3.05, 3.63) is 52.5 Å². The number of amides is 1. The lowest BCUT2D eigenvalue weighted by Gasteiger charge is -2.12. The van der Waals surface area contributed by atoms with E-state index in [9.17, 15) is 9.18 Å². The standard InChI is InChI=1S/C15H14FN5OS/c1-10(13-7-4-8-23-13)17-14(22)9-21-15(18-19-20-21)11-5-2-3-6-12(11)16/h2-8,10H,9H2,1H3,(H,17,22)/t10-/m0/s1. The van der Waals surface area contributed by atoms with Gasteiger partial charge in [-0.3, -0.25) is 4.79 Å². The van der Waals surface area contributed by atoms with E-state index in [0.29, 0.717) is 0 Å². The van der Waals surface area contributed by atoms with Gasteiger partial charge in [-0.05, 0) is 40.9 Å². The maximum atomic E-state index is 13.9. The third kappa shape index (κ3) is 3.42. The van der Waals surface area contributed by atoms with Crippen LogP contribution in [0, 0.1) is 5.82 Å². The second-order valence-electron chi connectivity index (χ2n) is 4.94. The first kappa shape index (κ1) is 15.3. The summed E-state index contributed by atoms with van der Waals surface area (Å²) >= 11 is 1.57. The largest absolute Gasteiger partial charge is 0.347 e. The van der Waals surface area contributed by atoms with E-state index in [2.05, 4.69) is 20.8 Å². The minimum Gasteiger partial charge on any atom is -0.347 e. The van der Waals surface area contributed by atoms with Crippen LogP contribution in [0.4, 0.5) is 4.39 Å². The van der Waals surface area contributed by atoms with Crippen LogP contribution in [0.3, 0.4) is 0 Å². The van der Waals surface area contributed by atoms with Crippen molar-refractivity contribution in [1.82, 2.24) is 25.5 Å². The average molecular weight is 331 g/mol. The minimum atomic E-state index is -0.434. The zero-order valence-electron chi connectivity index (χ0n) is 12.3. The number of hydrogen-bond acceptors (Lipinski definition) is 5. The molecule has 0 spiro atoms. The number of carbonyl (C=O) groups excluding carboxylic acids is 1. The molecule has 118 valence electrons. The van der Waals surface area contributed by atoms with Crippen LogP contribution >= 0.6 is 11.3 Å². The lowest BCUT2D eigenvalue weighted by atomic mass is 10.2. The normalized spacial score (nSPS) is 12.1. The summed E-state index contributed by atoms with van der Waals surface area (Å²) in [5.74, 6) is -0.450. The van der Waals surface area contributed by atoms with Gasteiger partial charge in [-0.15, -0.1) is 16.4 Å². The fourth-order valence-corrected chi connectivity index (χ4v) is 2.91. The van der Waals surface area contributed by atoms with E-state index < -0.39 is 5.82 Å². The Morgan fingerprint density at radius 3 is 2.91 bits per heavy atom. The van der Waals surface area contributed by atoms with Crippen LogP contribution in [-0.4, -0.2) is 26.1 Å². The molecule has 23 heavy (non-hydrogen) atoms. The molecule has 1 aromatic carbocycles. The van der Waals surface area contributed by atoms with Crippen LogP contribution in [0.1, 0.15) is 17.8 Å². The van der Waals surface area contributed by atoms with Crippen molar-refractivity contribution in [1.29, 1.82) is 0 Å². The highest BCUT2D eigenvalue weighted by atomic mass is 32.1. The Kier molecular flexibility index (Phi) is 4.42. The van der Waals surface area contributed by atoms with Gasteiger partial charge in [0.25, 0.3) is 0 Å². The molecule has 0 aliphatic carbocycles. The van der Waals surface area contributed by atoms with E-state index in [4.69, 9.17) is 0 Å². The maximum Gasteiger partial charge on any atom is 0.242 e. The molecule has 3 aromatic rings. The molecule has 2 heterocycles. The van der Waals surface area contributed by atoms with Crippen molar-refractivity contribution in [2.24, 2.45) is 0 Å². The fraction of sp³-hybridized carbons (Fsp3) is 0.200. The number of nitrogens with one attached hydrogen (secondary N) is 1. The summed E-state index contributed by atoms with van der Waals surface area (Å²) < 4.78 is 15.1. The smallest absolute Gasteiger partial charge is 0.242 e. The molecule has 0 aliphatic rings. The van der Waals surface area contributed by atoms with Crippen LogP contribution < -0.4 is 5.32 Å². The molecule has 1 amide bonds. The lowest BCUT2D eigenvalue weighted by molar-refractivity contribution is -0.122. The average Bonchev–Trinajstić information content (AvgIpc) is 3.19. The highest BCUT2D eigenvalue weighted by molar-refractivity contribution is 7.10. The number of aromatic nitrogens is 4. The molecule has 0 aliphatic heterocycles. The predicted molar refractivity (Wildman–Crippen MR) is 84.1 cm³/mol. The molecule has 1 atom stereocenters. The number of halogens is 1. The summed E-state index contributed by atoms with van der Waals surface area (Å²) in [4.78, 5) is 13.2. The van der Waals surface area contributed by atoms with Crippen molar-refractivity contribution in [3.63, 3.8) is 0 Å². The number of hydrogen-bond donors (Lipinski definition) is 1. The molecule has 3 rings (SSSR count). The lowest BCUT2D eigenvalue weighted by Crippen LogP contribution is -2.30. The summed E-state index contributed by atoms with van der Waals surface area (Å²) in [5.41, 5.74) is 0.261. The van der Waals surface area contributed by atoms with Crippen LogP contribution in [0.2, 0.25) is 0 Å². The number of nitrogens with zero attached hydrogens (tertiary/aromatic N) is 4. The van der Waals surface area contributed by atoms with Gasteiger partial charge in [0.1, 0.15) is 12.4 Å². The zero-order valence-corrected chi connectivity index (χ0v) is 13.1. The summed E-state index contributed by atoms with van der Waals surface area (Å²) in [6.45, 7) is 1.83. The molecular weight excluding hydrogens is 317 g/mol. The van der Waals surface area contributed by atoms with Gasteiger partial charge in [0.2, 0.25) is 5.91 Å². The quantitative estimate of drug-likeness (QED) is 0.779. The molecule has 0 radical (unpaired) electrons. The first-order chi connectivity index (χ1) is 11.1. The number of carbonyl (C=O) groups is 1. The van der Waals surface area contributed by atoms with Gasteiger partial charge in [0, 0.05) is 4.88 Å². The molecular formula is C15H14FN5OS. The molecule has 0 saturated carbocycles. The van der Waals surface area contributed by atoms with Gasteiger partial charge in [-0.2, -0.15) is 0 Å². The Hall–Kier alpha value is -2.61. The number of benzene rings is 1. The van der Waals surface area contributed by atoms with Gasteiger partial charge >= 0.3 is 0 Å². The van der Waals surface area contributed by atoms with E-state index in [1.165, 1.54) is 10.7 Å². The van der Waals surface area contributed by atoms with E-state index >= 15 is 0 Å². The third-order valence-electron chi connectivity index (χ3n) is 3.29. The van der Waals surface area contributed by atoms with Crippen LogP contribution in [-0.2, 0) is 11.3 Å². The molecule has 0 bridgehead atoms. The molecule has 8 heteroatoms. The summed E-state index contributed by atoms with van der Waals surface area (Å²) in [5, 5.41) is 16.0. The highest BCUT2D eigenvalue weighted by Gasteiger charge is 2.17. The summed E-state index contributed by atoms with van der Waals surface area (Å²) in [6, 6.07) is 9.96. The molecule has 6 nitrogen and oxygen atoms in total. The van der Waals surface area contributed by atoms with Crippen molar-refractivity contribution in [2.75, 3.05) is 0 Å². The second-order valence-corrected chi connectivity index (χ2v) is 5.92. The van der Waals surface area contributed by atoms with Crippen molar-refractivity contribution in [3.8, 4) is 11.4 Å². The second kappa shape index (κ2) is 6.66. The molecule has 1 N–H and O–H groups in total. The highest BCUT2D eigenvalue weighted by Crippen LogP contribution is 2.20. The Balaban J connectivity index is 1.73. The Morgan fingerprint density at radius 2 is 2.17 bits per heavy atom. The first-order valence-electron chi connectivity index (χ1n) is 6.99. The van der Waals surface area contributed by atoms with E-state index in [0.717, 1.165) is 4.88 Å². The third-order valence-corrected chi connectivity index (χ3v) is 4.34. The Bertz CT molecular complexity index is 802. The fourth-order valence-electron chi connectivity index (χ4n) is 2.18. The maximum absolute atomic E-state index is 13.9. The topological polar surface area (TPSA) is 72.7 Å². The number of tetrazole rings is 1. The number of thiophene rings is 1. The van der Waals surface area contributed by atoms with Crippen molar-refractivity contribution >= 4 is 17.2 Å². The van der Waals surface area contributed by atoms with Gasteiger partial charge in [0.05, 0.1) is 11.6 Å². The van der Waals surface area contributed by atoms with Crippen molar-refractivity contribution in [2.45, 2.75) is 19.5 Å². The Morgan fingerprint density at radius 1 is 1.35 bits per heavy atom. The monoisotopic (exact) mass is 331 g/mol. The van der Waals surface area contributed by atoms with Crippen molar-refractivity contribution < 1.29 is 9.18 Å². The van der Waals surface area contributed by atoms with Gasteiger partial charge in [-0.25, -0.2) is 9.07 Å². The number of rotatable bonds is 5. The zero-order chi connectivity index (χ0) is 16.2. The summed E-state index contributed by atoms with van der Waals surface area (Å²) in [7, 11) is 0. The van der Waals surface area contributed by atoms with Gasteiger partial charge in [-0.1, -0.05) is 18.2 Å². The van der Waals surface area contributed by atoms with Gasteiger partial charge in [0.15, 0.2) is 5.82 Å². The predicted octanol–water partition coefficient (Wildman–Crippen LogP) is 2.42. The molecule has 2 aromatic heterocycles. The van der Waals surface area contributed by atoms with Gasteiger partial charge < -0.3 is 5.32 Å². The van der Waals surface area contributed by atoms with E-state index in [1.807, 2.05) is 24.4 Å². The van der Waals surface area contributed by atoms with Crippen LogP contribution in [0.15, 0.2) is 41.8 Å². The first-order valence-corrected chi connectivity index (χ1v) is 7.87. The van der Waals surface area contributed by atoms with Crippen LogP contribution in [0.25, 0.3) is 11.4 Å².